The van der Waals surface area contributed by atoms with Crippen molar-refractivity contribution in [2.75, 3.05) is 52.7 Å². The van der Waals surface area contributed by atoms with Gasteiger partial charge in [-0.3, -0.25) is 19.6 Å². The average molecular weight is 374 g/mol. The number of H-pyrrole nitrogens is 1. The van der Waals surface area contributed by atoms with Crippen molar-refractivity contribution in [2.24, 2.45) is 0 Å². The normalized spacial score (nSPS) is 14.5. The molecule has 27 heavy (non-hydrogen) atoms. The summed E-state index contributed by atoms with van der Waals surface area (Å²) in [4.78, 5) is 40.0. The van der Waals surface area contributed by atoms with E-state index in [1.807, 2.05) is 19.0 Å². The fourth-order valence-corrected chi connectivity index (χ4v) is 2.67. The summed E-state index contributed by atoms with van der Waals surface area (Å²) in [5.74, 6) is 0.139. The van der Waals surface area contributed by atoms with E-state index in [1.165, 1.54) is 11.9 Å². The molecule has 0 spiro atoms. The molecule has 1 aliphatic rings. The van der Waals surface area contributed by atoms with E-state index in [2.05, 4.69) is 15.5 Å². The summed E-state index contributed by atoms with van der Waals surface area (Å²) in [5.41, 5.74) is 0.709. The van der Waals surface area contributed by atoms with Crippen molar-refractivity contribution in [1.29, 1.82) is 0 Å². The van der Waals surface area contributed by atoms with Gasteiger partial charge in [0.2, 0.25) is 5.91 Å². The molecule has 0 saturated carbocycles. The largest absolute Gasteiger partial charge is 0.492 e. The first-order valence-corrected chi connectivity index (χ1v) is 8.46. The molecule has 1 saturated heterocycles. The third-order valence-corrected chi connectivity index (χ3v) is 4.13. The van der Waals surface area contributed by atoms with E-state index >= 15 is 0 Å². The predicted octanol–water partition coefficient (Wildman–Crippen LogP) is 0.336. The van der Waals surface area contributed by atoms with Gasteiger partial charge in [-0.2, -0.15) is 5.10 Å². The lowest BCUT2D eigenvalue weighted by atomic mass is 10.2. The van der Waals surface area contributed by atoms with Gasteiger partial charge in [-0.15, -0.1) is 0 Å². The van der Waals surface area contributed by atoms with E-state index in [9.17, 15) is 14.4 Å². The lowest BCUT2D eigenvalue weighted by Crippen LogP contribution is -2.38. The second kappa shape index (κ2) is 7.62. The number of nitrogens with zero attached hydrogens (tertiary/aromatic N) is 4. The molecule has 2 heterocycles. The maximum atomic E-state index is 12.2. The number of benzene rings is 1. The number of ether oxygens (including phenoxy) is 1. The highest BCUT2D eigenvalue weighted by Crippen LogP contribution is 2.25. The Morgan fingerprint density at radius 3 is 2.81 bits per heavy atom. The maximum absolute atomic E-state index is 12.2. The van der Waals surface area contributed by atoms with E-state index in [0.29, 0.717) is 29.1 Å². The van der Waals surface area contributed by atoms with Crippen LogP contribution in [0.25, 0.3) is 10.9 Å². The van der Waals surface area contributed by atoms with Gasteiger partial charge in [-0.1, -0.05) is 0 Å². The molecule has 1 fully saturated rings. The number of aromatic amines is 1. The van der Waals surface area contributed by atoms with Gasteiger partial charge in [0.1, 0.15) is 25.4 Å². The van der Waals surface area contributed by atoms with Gasteiger partial charge >= 0.3 is 6.03 Å². The zero-order chi connectivity index (χ0) is 19.6. The lowest BCUT2D eigenvalue weighted by Gasteiger charge is -2.13. The number of amides is 4. The van der Waals surface area contributed by atoms with E-state index in [0.717, 1.165) is 11.4 Å². The zero-order valence-corrected chi connectivity index (χ0v) is 15.5. The van der Waals surface area contributed by atoms with Crippen LogP contribution in [-0.4, -0.2) is 90.1 Å². The molecule has 0 radical (unpaired) electrons. The van der Waals surface area contributed by atoms with Crippen LogP contribution in [0.3, 0.4) is 0 Å². The van der Waals surface area contributed by atoms with Gasteiger partial charge in [0.15, 0.2) is 5.82 Å². The van der Waals surface area contributed by atoms with Crippen molar-refractivity contribution in [3.8, 4) is 5.75 Å². The van der Waals surface area contributed by atoms with Crippen LogP contribution in [-0.2, 0) is 9.59 Å². The first-order chi connectivity index (χ1) is 12.8. The van der Waals surface area contributed by atoms with Crippen molar-refractivity contribution < 1.29 is 19.1 Å². The second-order valence-electron chi connectivity index (χ2n) is 6.60. The van der Waals surface area contributed by atoms with Gasteiger partial charge in [0, 0.05) is 25.0 Å². The van der Waals surface area contributed by atoms with Crippen LogP contribution in [0.5, 0.6) is 5.75 Å². The molecule has 0 aliphatic carbocycles. The lowest BCUT2D eigenvalue weighted by molar-refractivity contribution is -0.129. The number of imide groups is 1. The number of rotatable bonds is 7. The third kappa shape index (κ3) is 4.17. The molecule has 1 aliphatic heterocycles. The van der Waals surface area contributed by atoms with Crippen LogP contribution in [0, 0.1) is 0 Å². The van der Waals surface area contributed by atoms with Gasteiger partial charge < -0.3 is 19.9 Å². The average Bonchev–Trinajstić information content (AvgIpc) is 3.10. The van der Waals surface area contributed by atoms with E-state index < -0.39 is 17.8 Å². The molecular weight excluding hydrogens is 352 g/mol. The quantitative estimate of drug-likeness (QED) is 0.676. The molecule has 10 heteroatoms. The van der Waals surface area contributed by atoms with E-state index in [-0.39, 0.29) is 13.1 Å². The fourth-order valence-electron chi connectivity index (χ4n) is 2.67. The summed E-state index contributed by atoms with van der Waals surface area (Å²) in [5, 5.41) is 10.3. The molecule has 3 rings (SSSR count). The SMILES string of the molecule is CN(C)CCOc1ccc2c(NC(=O)CN3C(=O)CN(C)C3=O)n[nH]c2c1. The number of urea groups is 1. The Morgan fingerprint density at radius 1 is 1.37 bits per heavy atom. The number of anilines is 1. The number of likely N-dealkylation sites (N-methyl/N-ethyl adjacent to an activating group) is 2. The highest BCUT2D eigenvalue weighted by atomic mass is 16.5. The Balaban J connectivity index is 1.64. The monoisotopic (exact) mass is 374 g/mol. The molecule has 1 aromatic heterocycles. The predicted molar refractivity (Wildman–Crippen MR) is 98.5 cm³/mol. The van der Waals surface area contributed by atoms with Crippen LogP contribution in [0.1, 0.15) is 0 Å². The fraction of sp³-hybridized carbons (Fsp3) is 0.412. The van der Waals surface area contributed by atoms with E-state index in [4.69, 9.17) is 4.74 Å². The highest BCUT2D eigenvalue weighted by molar-refractivity contribution is 6.07. The first kappa shape index (κ1) is 18.6. The molecular formula is C17H22N6O4. The van der Waals surface area contributed by atoms with Crippen LogP contribution in [0.2, 0.25) is 0 Å². The Labute approximate surface area is 156 Å². The summed E-state index contributed by atoms with van der Waals surface area (Å²) in [6.07, 6.45) is 0. The topological polar surface area (TPSA) is 111 Å². The number of aromatic nitrogens is 2. The smallest absolute Gasteiger partial charge is 0.327 e. The summed E-state index contributed by atoms with van der Waals surface area (Å²) >= 11 is 0. The number of nitrogens with one attached hydrogen (secondary N) is 2. The van der Waals surface area contributed by atoms with Crippen LogP contribution >= 0.6 is 0 Å². The van der Waals surface area contributed by atoms with Gasteiger partial charge in [-0.05, 0) is 26.2 Å². The van der Waals surface area contributed by atoms with Gasteiger partial charge in [-0.25, -0.2) is 4.79 Å². The summed E-state index contributed by atoms with van der Waals surface area (Å²) in [6, 6.07) is 4.91. The van der Waals surface area contributed by atoms with Crippen molar-refractivity contribution in [1.82, 2.24) is 24.9 Å². The van der Waals surface area contributed by atoms with Crippen molar-refractivity contribution in [3.63, 3.8) is 0 Å². The molecule has 0 unspecified atom stereocenters. The number of carbonyl (C=O) groups excluding carboxylic acids is 3. The standard InChI is InChI=1S/C17H22N6O4/c1-21(2)6-7-27-11-4-5-12-13(8-11)19-20-16(12)18-14(24)9-23-15(25)10-22(3)17(23)26/h4-5,8H,6-7,9-10H2,1-3H3,(H2,18,19,20,24). The Bertz CT molecular complexity index is 877. The molecule has 0 bridgehead atoms. The Kier molecular flexibility index (Phi) is 5.26. The highest BCUT2D eigenvalue weighted by Gasteiger charge is 2.34. The third-order valence-electron chi connectivity index (χ3n) is 4.13. The molecule has 1 aromatic carbocycles. The second-order valence-corrected chi connectivity index (χ2v) is 6.60. The van der Waals surface area contributed by atoms with Crippen molar-refractivity contribution in [2.45, 2.75) is 0 Å². The first-order valence-electron chi connectivity index (χ1n) is 8.46. The maximum Gasteiger partial charge on any atom is 0.327 e. The minimum absolute atomic E-state index is 0.0198. The Morgan fingerprint density at radius 2 is 2.15 bits per heavy atom. The summed E-state index contributed by atoms with van der Waals surface area (Å²) in [6.45, 7) is 0.990. The van der Waals surface area contributed by atoms with Crippen LogP contribution < -0.4 is 10.1 Å². The van der Waals surface area contributed by atoms with E-state index in [1.54, 1.807) is 18.2 Å². The summed E-state index contributed by atoms with van der Waals surface area (Å²) in [7, 11) is 5.45. The van der Waals surface area contributed by atoms with Crippen LogP contribution in [0.15, 0.2) is 18.2 Å². The minimum atomic E-state index is -0.494. The van der Waals surface area contributed by atoms with Gasteiger partial charge in [0.25, 0.3) is 5.91 Å². The van der Waals surface area contributed by atoms with Crippen molar-refractivity contribution >= 4 is 34.6 Å². The molecule has 144 valence electrons. The molecule has 2 aromatic rings. The van der Waals surface area contributed by atoms with Crippen LogP contribution in [0.4, 0.5) is 10.6 Å². The number of fused-ring (bicyclic) bond motifs is 1. The number of hydrogen-bond acceptors (Lipinski definition) is 6. The number of carbonyl (C=O) groups is 3. The molecule has 4 amide bonds. The van der Waals surface area contributed by atoms with Gasteiger partial charge in [0.05, 0.1) is 5.52 Å². The zero-order valence-electron chi connectivity index (χ0n) is 15.5. The molecule has 2 N–H and O–H groups in total. The molecule has 10 nitrogen and oxygen atoms in total. The van der Waals surface area contributed by atoms with Crippen molar-refractivity contribution in [3.05, 3.63) is 18.2 Å². The summed E-state index contributed by atoms with van der Waals surface area (Å²) < 4.78 is 5.67. The molecule has 0 atom stereocenters. The number of hydrogen-bond donors (Lipinski definition) is 2. The minimum Gasteiger partial charge on any atom is -0.492 e. The Hall–Kier alpha value is -3.14.